The van der Waals surface area contributed by atoms with E-state index in [0.29, 0.717) is 13.0 Å². The molecule has 0 aliphatic heterocycles. The minimum absolute atomic E-state index is 0.110. The summed E-state index contributed by atoms with van der Waals surface area (Å²) in [6.45, 7) is 2.63. The van der Waals surface area contributed by atoms with Crippen LogP contribution in [0.4, 0.5) is 0 Å². The number of amides is 1. The highest BCUT2D eigenvalue weighted by atomic mass is 16.3. The van der Waals surface area contributed by atoms with Crippen molar-refractivity contribution in [1.82, 2.24) is 10.3 Å². The van der Waals surface area contributed by atoms with Crippen LogP contribution in [0.25, 0.3) is 0 Å². The zero-order chi connectivity index (χ0) is 14.6. The number of unbranched alkanes of at least 4 members (excludes halogenated alkanes) is 2. The van der Waals surface area contributed by atoms with Crippen molar-refractivity contribution < 1.29 is 9.90 Å². The average molecular weight is 279 g/mol. The lowest BCUT2D eigenvalue weighted by molar-refractivity contribution is -0.121. The van der Waals surface area contributed by atoms with Crippen molar-refractivity contribution in [1.29, 1.82) is 0 Å². The van der Waals surface area contributed by atoms with Crippen molar-refractivity contribution >= 4 is 5.91 Å². The van der Waals surface area contributed by atoms with Gasteiger partial charge in [0.15, 0.2) is 0 Å². The van der Waals surface area contributed by atoms with Crippen LogP contribution in [0.2, 0.25) is 0 Å². The first kappa shape index (κ1) is 16.6. The highest BCUT2D eigenvalue weighted by Gasteiger charge is 2.05. The minimum atomic E-state index is -0.110. The van der Waals surface area contributed by atoms with Gasteiger partial charge in [-0.1, -0.05) is 36.8 Å². The van der Waals surface area contributed by atoms with Gasteiger partial charge in [0.1, 0.15) is 0 Å². The van der Waals surface area contributed by atoms with E-state index in [1.807, 2.05) is 18.2 Å². The lowest BCUT2D eigenvalue weighted by Gasteiger charge is -2.21. The maximum Gasteiger partial charge on any atom is 0.233 e. The Kier molecular flexibility index (Phi) is 8.62. The van der Waals surface area contributed by atoms with E-state index in [2.05, 4.69) is 22.5 Å². The molecule has 0 aromatic heterocycles. The van der Waals surface area contributed by atoms with Gasteiger partial charge in [-0.3, -0.25) is 15.1 Å². The number of carbonyl (C=O) groups is 1. The second-order valence-electron chi connectivity index (χ2n) is 4.86. The number of hydrogen-bond acceptors (Lipinski definition) is 4. The Morgan fingerprint density at radius 3 is 2.55 bits per heavy atom. The van der Waals surface area contributed by atoms with Crippen LogP contribution in [-0.4, -0.2) is 35.6 Å². The molecule has 20 heavy (non-hydrogen) atoms. The quantitative estimate of drug-likeness (QED) is 0.259. The van der Waals surface area contributed by atoms with Crippen LogP contribution in [0, 0.1) is 0 Å². The average Bonchev–Trinajstić information content (AvgIpc) is 2.47. The monoisotopic (exact) mass is 279 g/mol. The molecule has 0 unspecified atom stereocenters. The molecule has 0 heterocycles. The molecule has 0 aliphatic rings. The third-order valence-electron chi connectivity index (χ3n) is 3.20. The molecule has 0 fully saturated rings. The molecule has 0 saturated carbocycles. The fourth-order valence-corrected chi connectivity index (χ4v) is 2.12. The molecule has 0 spiro atoms. The molecule has 0 radical (unpaired) electrons. The predicted octanol–water partition coefficient (Wildman–Crippen LogP) is 1.03. The number of nitrogens with one attached hydrogen (secondary N) is 1. The number of nitrogens with two attached hydrogens (primary N) is 1. The minimum Gasteiger partial charge on any atom is -0.395 e. The molecule has 0 bridgehead atoms. The smallest absolute Gasteiger partial charge is 0.233 e. The van der Waals surface area contributed by atoms with Gasteiger partial charge < -0.3 is 5.11 Å². The Labute approximate surface area is 120 Å². The standard InChI is InChI=1S/C15H25N3O2/c16-17-15(20)9-5-2-6-10-18(11-12-19)13-14-7-3-1-4-8-14/h1,3-4,7-8,19H,2,5-6,9-13,16H2,(H,17,20). The van der Waals surface area contributed by atoms with E-state index in [-0.39, 0.29) is 12.5 Å². The first-order valence-electron chi connectivity index (χ1n) is 7.13. The molecule has 4 N–H and O–H groups in total. The first-order chi connectivity index (χ1) is 9.76. The second-order valence-corrected chi connectivity index (χ2v) is 4.86. The zero-order valence-corrected chi connectivity index (χ0v) is 11.9. The van der Waals surface area contributed by atoms with E-state index in [0.717, 1.165) is 32.4 Å². The summed E-state index contributed by atoms with van der Waals surface area (Å²) in [6, 6.07) is 10.2. The number of aliphatic hydroxyl groups excluding tert-OH is 1. The van der Waals surface area contributed by atoms with Gasteiger partial charge in [-0.05, 0) is 24.9 Å². The highest BCUT2D eigenvalue weighted by molar-refractivity contribution is 5.74. The number of nitrogens with zero attached hydrogens (tertiary/aromatic N) is 1. The van der Waals surface area contributed by atoms with Crippen molar-refractivity contribution in [3.8, 4) is 0 Å². The summed E-state index contributed by atoms with van der Waals surface area (Å²) in [7, 11) is 0. The second kappa shape index (κ2) is 10.4. The molecule has 1 rings (SSSR count). The molecule has 5 heteroatoms. The molecule has 1 aromatic rings. The van der Waals surface area contributed by atoms with E-state index in [9.17, 15) is 4.79 Å². The summed E-state index contributed by atoms with van der Waals surface area (Å²) < 4.78 is 0. The first-order valence-corrected chi connectivity index (χ1v) is 7.13. The van der Waals surface area contributed by atoms with E-state index >= 15 is 0 Å². The van der Waals surface area contributed by atoms with Crippen LogP contribution in [-0.2, 0) is 11.3 Å². The van der Waals surface area contributed by atoms with Crippen LogP contribution in [0.1, 0.15) is 31.2 Å². The van der Waals surface area contributed by atoms with Gasteiger partial charge in [-0.25, -0.2) is 5.84 Å². The van der Waals surface area contributed by atoms with E-state index in [4.69, 9.17) is 10.9 Å². The Bertz CT molecular complexity index is 371. The van der Waals surface area contributed by atoms with Gasteiger partial charge in [-0.2, -0.15) is 0 Å². The van der Waals surface area contributed by atoms with Gasteiger partial charge in [0.05, 0.1) is 6.61 Å². The number of carbonyl (C=O) groups excluding carboxylic acids is 1. The van der Waals surface area contributed by atoms with Crippen molar-refractivity contribution in [2.45, 2.75) is 32.2 Å². The maximum atomic E-state index is 11.0. The van der Waals surface area contributed by atoms with Gasteiger partial charge >= 0.3 is 0 Å². The Morgan fingerprint density at radius 1 is 1.15 bits per heavy atom. The van der Waals surface area contributed by atoms with Crippen molar-refractivity contribution in [3.05, 3.63) is 35.9 Å². The summed E-state index contributed by atoms with van der Waals surface area (Å²) in [6.07, 6.45) is 3.34. The lowest BCUT2D eigenvalue weighted by Crippen LogP contribution is -2.29. The van der Waals surface area contributed by atoms with Crippen LogP contribution in [0.3, 0.4) is 0 Å². The molecule has 0 atom stereocenters. The fourth-order valence-electron chi connectivity index (χ4n) is 2.12. The molecule has 1 amide bonds. The van der Waals surface area contributed by atoms with Gasteiger partial charge in [-0.15, -0.1) is 0 Å². The summed E-state index contributed by atoms with van der Waals surface area (Å²) in [5, 5.41) is 9.11. The number of benzene rings is 1. The zero-order valence-electron chi connectivity index (χ0n) is 11.9. The van der Waals surface area contributed by atoms with Gasteiger partial charge in [0, 0.05) is 19.5 Å². The van der Waals surface area contributed by atoms with E-state index in [1.165, 1.54) is 5.56 Å². The lowest BCUT2D eigenvalue weighted by atomic mass is 10.1. The number of hydrogen-bond donors (Lipinski definition) is 3. The van der Waals surface area contributed by atoms with Crippen LogP contribution >= 0.6 is 0 Å². The molecule has 5 nitrogen and oxygen atoms in total. The topological polar surface area (TPSA) is 78.6 Å². The molecule has 112 valence electrons. The van der Waals surface area contributed by atoms with Gasteiger partial charge in [0.25, 0.3) is 0 Å². The summed E-state index contributed by atoms with van der Waals surface area (Å²) in [5.74, 6) is 4.92. The number of aliphatic hydroxyl groups is 1. The maximum absolute atomic E-state index is 11.0. The predicted molar refractivity (Wildman–Crippen MR) is 79.6 cm³/mol. The van der Waals surface area contributed by atoms with Gasteiger partial charge in [0.2, 0.25) is 5.91 Å². The molecule has 0 aliphatic carbocycles. The summed E-state index contributed by atoms with van der Waals surface area (Å²) >= 11 is 0. The Morgan fingerprint density at radius 2 is 1.90 bits per heavy atom. The SMILES string of the molecule is NNC(=O)CCCCCN(CCO)Cc1ccccc1. The number of hydrazine groups is 1. The van der Waals surface area contributed by atoms with Crippen LogP contribution < -0.4 is 11.3 Å². The fraction of sp³-hybridized carbons (Fsp3) is 0.533. The van der Waals surface area contributed by atoms with E-state index < -0.39 is 0 Å². The Hall–Kier alpha value is -1.43. The van der Waals surface area contributed by atoms with E-state index in [1.54, 1.807) is 0 Å². The summed E-state index contributed by atoms with van der Waals surface area (Å²) in [5.41, 5.74) is 3.39. The molecule has 1 aromatic carbocycles. The van der Waals surface area contributed by atoms with Crippen molar-refractivity contribution in [2.75, 3.05) is 19.7 Å². The Balaban J connectivity index is 2.23. The third kappa shape index (κ3) is 7.23. The largest absolute Gasteiger partial charge is 0.395 e. The van der Waals surface area contributed by atoms with Crippen molar-refractivity contribution in [2.24, 2.45) is 5.84 Å². The molecule has 0 saturated heterocycles. The number of rotatable bonds is 10. The normalized spacial score (nSPS) is 10.8. The van der Waals surface area contributed by atoms with Crippen LogP contribution in [0.15, 0.2) is 30.3 Å². The third-order valence-corrected chi connectivity index (χ3v) is 3.20. The van der Waals surface area contributed by atoms with Crippen LogP contribution in [0.5, 0.6) is 0 Å². The molecular formula is C15H25N3O2. The van der Waals surface area contributed by atoms with Crippen molar-refractivity contribution in [3.63, 3.8) is 0 Å². The highest BCUT2D eigenvalue weighted by Crippen LogP contribution is 2.07. The molecular weight excluding hydrogens is 254 g/mol. The summed E-state index contributed by atoms with van der Waals surface area (Å²) in [4.78, 5) is 13.2.